The van der Waals surface area contributed by atoms with Crippen molar-refractivity contribution in [3.8, 4) is 5.75 Å². The summed E-state index contributed by atoms with van der Waals surface area (Å²) in [5.74, 6) is -0.104. The molecule has 116 valence electrons. The number of phenols is 1. The molecule has 0 fully saturated rings. The van der Waals surface area contributed by atoms with Crippen LogP contribution in [0, 0.1) is 10.1 Å². The van der Waals surface area contributed by atoms with E-state index < -0.39 is 16.4 Å². The summed E-state index contributed by atoms with van der Waals surface area (Å²) in [6, 6.07) is 9.88. The van der Waals surface area contributed by atoms with E-state index in [0.717, 1.165) is 17.1 Å². The molecule has 23 heavy (non-hydrogen) atoms. The third-order valence-electron chi connectivity index (χ3n) is 3.04. The second-order valence-electron chi connectivity index (χ2n) is 4.59. The summed E-state index contributed by atoms with van der Waals surface area (Å²) >= 11 is 5.80. The number of phenolic OH excluding ortho intramolecular Hbond substituents is 1. The lowest BCUT2D eigenvalue weighted by Crippen LogP contribution is -1.95. The molecule has 0 aliphatic heterocycles. The van der Waals surface area contributed by atoms with Crippen LogP contribution in [0.15, 0.2) is 41.5 Å². The number of nitro groups is 1. The van der Waals surface area contributed by atoms with E-state index in [9.17, 15) is 15.2 Å². The molecular formula is C14H10ClN5O3. The molecule has 1 heterocycles. The van der Waals surface area contributed by atoms with Gasteiger partial charge in [0.1, 0.15) is 0 Å². The van der Waals surface area contributed by atoms with Crippen LogP contribution in [0.1, 0.15) is 5.56 Å². The Balaban J connectivity index is 1.84. The highest BCUT2D eigenvalue weighted by Crippen LogP contribution is 2.32. The van der Waals surface area contributed by atoms with Crippen LogP contribution in [0.25, 0.3) is 11.0 Å². The topological polar surface area (TPSA) is 116 Å². The standard InChI is InChI=1S/C14H10ClN5O3/c15-9-5-8(13(21)12(6-9)20(22)23)7-16-19-14-17-10-3-1-2-4-11(10)18-14/h1-7,21H,(H2,17,18,19)/b16-7+. The average Bonchev–Trinajstić information content (AvgIpc) is 2.92. The lowest BCUT2D eigenvalue weighted by atomic mass is 10.2. The molecular weight excluding hydrogens is 322 g/mol. The first-order chi connectivity index (χ1) is 11.0. The first-order valence-electron chi connectivity index (χ1n) is 6.45. The monoisotopic (exact) mass is 331 g/mol. The van der Waals surface area contributed by atoms with Gasteiger partial charge in [0.15, 0.2) is 0 Å². The van der Waals surface area contributed by atoms with Gasteiger partial charge in [0.05, 0.1) is 22.2 Å². The van der Waals surface area contributed by atoms with Gasteiger partial charge in [-0.2, -0.15) is 5.10 Å². The quantitative estimate of drug-likeness (QED) is 0.385. The fourth-order valence-corrected chi connectivity index (χ4v) is 2.23. The average molecular weight is 332 g/mol. The highest BCUT2D eigenvalue weighted by molar-refractivity contribution is 6.31. The van der Waals surface area contributed by atoms with Crippen LogP contribution < -0.4 is 5.43 Å². The molecule has 9 heteroatoms. The van der Waals surface area contributed by atoms with Gasteiger partial charge in [-0.05, 0) is 18.2 Å². The van der Waals surface area contributed by atoms with Crippen LogP contribution in [0.3, 0.4) is 0 Å². The molecule has 3 N–H and O–H groups in total. The predicted octanol–water partition coefficient (Wildman–Crippen LogP) is 3.28. The lowest BCUT2D eigenvalue weighted by molar-refractivity contribution is -0.385. The number of H-pyrrole nitrogens is 1. The minimum atomic E-state index is -0.717. The Labute approximate surface area is 134 Å². The number of hydrazone groups is 1. The number of halogens is 1. The zero-order valence-corrected chi connectivity index (χ0v) is 12.3. The predicted molar refractivity (Wildman–Crippen MR) is 87.1 cm³/mol. The number of aromatic nitrogens is 2. The van der Waals surface area contributed by atoms with E-state index in [0.29, 0.717) is 5.95 Å². The maximum Gasteiger partial charge on any atom is 0.312 e. The number of benzene rings is 2. The van der Waals surface area contributed by atoms with Crippen molar-refractivity contribution in [2.45, 2.75) is 0 Å². The van der Waals surface area contributed by atoms with E-state index in [1.165, 1.54) is 12.3 Å². The Morgan fingerprint density at radius 1 is 1.39 bits per heavy atom. The van der Waals surface area contributed by atoms with E-state index in [4.69, 9.17) is 11.6 Å². The van der Waals surface area contributed by atoms with Gasteiger partial charge in [-0.15, -0.1) is 0 Å². The number of nitrogens with one attached hydrogen (secondary N) is 2. The van der Waals surface area contributed by atoms with Gasteiger partial charge in [-0.25, -0.2) is 10.4 Å². The smallest absolute Gasteiger partial charge is 0.312 e. The van der Waals surface area contributed by atoms with Crippen LogP contribution in [-0.2, 0) is 0 Å². The van der Waals surface area contributed by atoms with Gasteiger partial charge in [0.25, 0.3) is 0 Å². The minimum absolute atomic E-state index is 0.118. The van der Waals surface area contributed by atoms with Crippen LogP contribution in [0.5, 0.6) is 5.75 Å². The second-order valence-corrected chi connectivity index (χ2v) is 5.03. The molecule has 0 radical (unpaired) electrons. The molecule has 0 saturated carbocycles. The normalized spacial score (nSPS) is 11.2. The van der Waals surface area contributed by atoms with Crippen molar-refractivity contribution >= 4 is 40.5 Å². The number of nitrogens with zero attached hydrogens (tertiary/aromatic N) is 3. The third-order valence-corrected chi connectivity index (χ3v) is 3.26. The molecule has 3 aromatic rings. The number of rotatable bonds is 4. The number of aromatic hydroxyl groups is 1. The number of aromatic amines is 1. The van der Waals surface area contributed by atoms with Crippen molar-refractivity contribution in [1.29, 1.82) is 0 Å². The van der Waals surface area contributed by atoms with Crippen molar-refractivity contribution in [3.63, 3.8) is 0 Å². The first-order valence-corrected chi connectivity index (χ1v) is 6.83. The highest BCUT2D eigenvalue weighted by Gasteiger charge is 2.17. The summed E-state index contributed by atoms with van der Waals surface area (Å²) in [5, 5.41) is 24.7. The molecule has 0 bridgehead atoms. The summed E-state index contributed by atoms with van der Waals surface area (Å²) in [6.45, 7) is 0. The summed E-state index contributed by atoms with van der Waals surface area (Å²) in [5.41, 5.74) is 3.90. The van der Waals surface area contributed by atoms with Crippen molar-refractivity contribution in [2.24, 2.45) is 5.10 Å². The van der Waals surface area contributed by atoms with Crippen LogP contribution in [0.2, 0.25) is 5.02 Å². The zero-order chi connectivity index (χ0) is 16.4. The molecule has 0 aliphatic carbocycles. The van der Waals surface area contributed by atoms with Crippen molar-refractivity contribution < 1.29 is 10.0 Å². The fourth-order valence-electron chi connectivity index (χ4n) is 2.01. The van der Waals surface area contributed by atoms with Gasteiger partial charge in [0, 0.05) is 16.7 Å². The van der Waals surface area contributed by atoms with Gasteiger partial charge < -0.3 is 10.1 Å². The van der Waals surface area contributed by atoms with E-state index in [2.05, 4.69) is 20.5 Å². The maximum absolute atomic E-state index is 10.8. The number of hydrogen-bond donors (Lipinski definition) is 3. The van der Waals surface area contributed by atoms with Gasteiger partial charge in [0.2, 0.25) is 11.7 Å². The molecule has 0 amide bonds. The number of anilines is 1. The SMILES string of the molecule is O=[N+]([O-])c1cc(Cl)cc(/C=N/Nc2nc3ccccc3[nH]2)c1O. The van der Waals surface area contributed by atoms with E-state index >= 15 is 0 Å². The van der Waals surface area contributed by atoms with Crippen molar-refractivity contribution in [2.75, 3.05) is 5.43 Å². The van der Waals surface area contributed by atoms with Gasteiger partial charge in [-0.1, -0.05) is 23.7 Å². The molecule has 2 aromatic carbocycles. The zero-order valence-electron chi connectivity index (χ0n) is 11.5. The molecule has 3 rings (SSSR count). The van der Waals surface area contributed by atoms with Gasteiger partial charge in [-0.3, -0.25) is 10.1 Å². The Morgan fingerprint density at radius 3 is 2.91 bits per heavy atom. The Hall–Kier alpha value is -3.13. The Bertz CT molecular complexity index is 889. The number of imidazole rings is 1. The number of para-hydroxylation sites is 2. The number of hydrogen-bond acceptors (Lipinski definition) is 6. The summed E-state index contributed by atoms with van der Waals surface area (Å²) < 4.78 is 0. The summed E-state index contributed by atoms with van der Waals surface area (Å²) in [6.07, 6.45) is 1.22. The number of fused-ring (bicyclic) bond motifs is 1. The summed E-state index contributed by atoms with van der Waals surface area (Å²) in [4.78, 5) is 17.4. The third kappa shape index (κ3) is 3.06. The molecule has 0 spiro atoms. The van der Waals surface area contributed by atoms with Crippen LogP contribution in [0.4, 0.5) is 11.6 Å². The highest BCUT2D eigenvalue weighted by atomic mass is 35.5. The van der Waals surface area contributed by atoms with Crippen molar-refractivity contribution in [3.05, 3.63) is 57.1 Å². The fraction of sp³-hybridized carbons (Fsp3) is 0. The number of nitro benzene ring substituents is 1. The summed E-state index contributed by atoms with van der Waals surface area (Å²) in [7, 11) is 0. The van der Waals surface area contributed by atoms with Crippen LogP contribution >= 0.6 is 11.6 Å². The van der Waals surface area contributed by atoms with Crippen molar-refractivity contribution in [1.82, 2.24) is 9.97 Å². The second kappa shape index (κ2) is 5.93. The maximum atomic E-state index is 10.8. The largest absolute Gasteiger partial charge is 0.502 e. The molecule has 0 saturated heterocycles. The van der Waals surface area contributed by atoms with Crippen LogP contribution in [-0.4, -0.2) is 26.2 Å². The molecule has 0 unspecified atom stereocenters. The Kier molecular flexibility index (Phi) is 3.82. The first kappa shape index (κ1) is 14.8. The van der Waals surface area contributed by atoms with E-state index in [-0.39, 0.29) is 10.6 Å². The minimum Gasteiger partial charge on any atom is -0.502 e. The lowest BCUT2D eigenvalue weighted by Gasteiger charge is -2.01. The molecule has 0 atom stereocenters. The van der Waals surface area contributed by atoms with Gasteiger partial charge >= 0.3 is 5.69 Å². The molecule has 0 aliphatic rings. The molecule has 1 aromatic heterocycles. The van der Waals surface area contributed by atoms with E-state index in [1.54, 1.807) is 0 Å². The van der Waals surface area contributed by atoms with E-state index in [1.807, 2.05) is 24.3 Å². The molecule has 8 nitrogen and oxygen atoms in total. The Morgan fingerprint density at radius 2 is 2.17 bits per heavy atom.